The number of carbonyl (C=O) groups excluding carboxylic acids is 2. The van der Waals surface area contributed by atoms with Crippen molar-refractivity contribution in [2.24, 2.45) is 0 Å². The van der Waals surface area contributed by atoms with Crippen LogP contribution in [0.25, 0.3) is 0 Å². The number of methoxy groups -OCH3 is 1. The van der Waals surface area contributed by atoms with E-state index in [1.807, 2.05) is 0 Å². The van der Waals surface area contributed by atoms with Crippen LogP contribution in [0.2, 0.25) is 0 Å². The number of halogens is 1. The van der Waals surface area contributed by atoms with Gasteiger partial charge in [0, 0.05) is 19.2 Å². The van der Waals surface area contributed by atoms with E-state index in [1.54, 1.807) is 6.92 Å². The highest BCUT2D eigenvalue weighted by atomic mass is 19.1. The molecular weight excluding hydrogens is 251 g/mol. The summed E-state index contributed by atoms with van der Waals surface area (Å²) in [4.78, 5) is 23.0. The molecule has 19 heavy (non-hydrogen) atoms. The fourth-order valence-corrected chi connectivity index (χ4v) is 1.40. The SMILES string of the molecule is COCCNC(=O)CNC(=O)c1ccc(F)c(C)c1. The molecule has 2 N–H and O–H groups in total. The molecule has 5 nitrogen and oxygen atoms in total. The standard InChI is InChI=1S/C13H17FN2O3/c1-9-7-10(3-4-11(9)14)13(18)16-8-12(17)15-5-6-19-2/h3-4,7H,5-6,8H2,1-2H3,(H,15,17)(H,16,18). The second-order valence-electron chi connectivity index (χ2n) is 3.99. The van der Waals surface area contributed by atoms with Crippen LogP contribution in [0, 0.1) is 12.7 Å². The molecule has 0 aliphatic rings. The van der Waals surface area contributed by atoms with Crippen LogP contribution >= 0.6 is 0 Å². The average molecular weight is 268 g/mol. The third-order valence-corrected chi connectivity index (χ3v) is 2.46. The molecule has 0 fully saturated rings. The van der Waals surface area contributed by atoms with E-state index in [0.29, 0.717) is 24.3 Å². The van der Waals surface area contributed by atoms with Crippen molar-refractivity contribution >= 4 is 11.8 Å². The van der Waals surface area contributed by atoms with Gasteiger partial charge in [0.05, 0.1) is 13.2 Å². The molecule has 0 atom stereocenters. The molecule has 1 aromatic carbocycles. The summed E-state index contributed by atoms with van der Waals surface area (Å²) < 4.78 is 17.8. The molecule has 0 aliphatic heterocycles. The zero-order chi connectivity index (χ0) is 14.3. The minimum absolute atomic E-state index is 0.126. The van der Waals surface area contributed by atoms with Gasteiger partial charge in [-0.15, -0.1) is 0 Å². The van der Waals surface area contributed by atoms with Crippen LogP contribution in [0.4, 0.5) is 4.39 Å². The smallest absolute Gasteiger partial charge is 0.251 e. The van der Waals surface area contributed by atoms with Crippen LogP contribution in [0.3, 0.4) is 0 Å². The lowest BCUT2D eigenvalue weighted by Gasteiger charge is -2.07. The fourth-order valence-electron chi connectivity index (χ4n) is 1.40. The highest BCUT2D eigenvalue weighted by Crippen LogP contribution is 2.08. The molecule has 104 valence electrons. The quantitative estimate of drug-likeness (QED) is 0.743. The number of benzene rings is 1. The molecule has 6 heteroatoms. The van der Waals surface area contributed by atoms with Gasteiger partial charge >= 0.3 is 0 Å². The Kier molecular flexibility index (Phi) is 5.95. The van der Waals surface area contributed by atoms with Gasteiger partial charge in [-0.25, -0.2) is 4.39 Å². The van der Waals surface area contributed by atoms with Gasteiger partial charge in [0.15, 0.2) is 0 Å². The van der Waals surface area contributed by atoms with Gasteiger partial charge < -0.3 is 15.4 Å². The van der Waals surface area contributed by atoms with Crippen molar-refractivity contribution in [2.45, 2.75) is 6.92 Å². The normalized spacial score (nSPS) is 10.1. The van der Waals surface area contributed by atoms with E-state index in [9.17, 15) is 14.0 Å². The first-order valence-corrected chi connectivity index (χ1v) is 5.84. The Morgan fingerprint density at radius 3 is 2.68 bits per heavy atom. The lowest BCUT2D eigenvalue weighted by Crippen LogP contribution is -2.38. The molecule has 0 radical (unpaired) electrons. The van der Waals surface area contributed by atoms with Crippen LogP contribution < -0.4 is 10.6 Å². The average Bonchev–Trinajstić information content (AvgIpc) is 2.39. The van der Waals surface area contributed by atoms with Crippen molar-refractivity contribution in [1.29, 1.82) is 0 Å². The minimum atomic E-state index is -0.412. The summed E-state index contributed by atoms with van der Waals surface area (Å²) in [6.45, 7) is 2.25. The number of carbonyl (C=O) groups is 2. The Hall–Kier alpha value is -1.95. The lowest BCUT2D eigenvalue weighted by molar-refractivity contribution is -0.120. The molecule has 0 bridgehead atoms. The molecule has 0 saturated heterocycles. The van der Waals surface area contributed by atoms with Crippen molar-refractivity contribution in [2.75, 3.05) is 26.8 Å². The monoisotopic (exact) mass is 268 g/mol. The third-order valence-electron chi connectivity index (χ3n) is 2.46. The van der Waals surface area contributed by atoms with E-state index in [4.69, 9.17) is 4.74 Å². The molecule has 0 aliphatic carbocycles. The van der Waals surface area contributed by atoms with Crippen LogP contribution in [-0.4, -0.2) is 38.6 Å². The van der Waals surface area contributed by atoms with E-state index < -0.39 is 5.91 Å². The Morgan fingerprint density at radius 2 is 2.05 bits per heavy atom. The maximum atomic E-state index is 13.0. The maximum Gasteiger partial charge on any atom is 0.251 e. The molecule has 0 spiro atoms. The minimum Gasteiger partial charge on any atom is -0.383 e. The Bertz CT molecular complexity index is 463. The van der Waals surface area contributed by atoms with E-state index in [-0.39, 0.29) is 18.3 Å². The van der Waals surface area contributed by atoms with Gasteiger partial charge in [-0.2, -0.15) is 0 Å². The van der Waals surface area contributed by atoms with Crippen molar-refractivity contribution in [3.8, 4) is 0 Å². The largest absolute Gasteiger partial charge is 0.383 e. The molecular formula is C13H17FN2O3. The Morgan fingerprint density at radius 1 is 1.32 bits per heavy atom. The first-order chi connectivity index (χ1) is 9.04. The number of hydrogen-bond acceptors (Lipinski definition) is 3. The van der Waals surface area contributed by atoms with Crippen LogP contribution in [0.15, 0.2) is 18.2 Å². The van der Waals surface area contributed by atoms with Gasteiger partial charge in [0.1, 0.15) is 5.82 Å². The zero-order valence-electron chi connectivity index (χ0n) is 11.0. The summed E-state index contributed by atoms with van der Waals surface area (Å²) in [5, 5.41) is 5.03. The van der Waals surface area contributed by atoms with E-state index >= 15 is 0 Å². The van der Waals surface area contributed by atoms with Gasteiger partial charge in [0.2, 0.25) is 5.91 Å². The van der Waals surface area contributed by atoms with Gasteiger partial charge in [-0.1, -0.05) is 0 Å². The fraction of sp³-hybridized carbons (Fsp3) is 0.385. The van der Waals surface area contributed by atoms with E-state index in [2.05, 4.69) is 10.6 Å². The van der Waals surface area contributed by atoms with E-state index in [1.165, 1.54) is 25.3 Å². The van der Waals surface area contributed by atoms with Crippen LogP contribution in [0.5, 0.6) is 0 Å². The summed E-state index contributed by atoms with van der Waals surface area (Å²) in [6, 6.07) is 4.04. The predicted octanol–water partition coefficient (Wildman–Crippen LogP) is 0.627. The van der Waals surface area contributed by atoms with Gasteiger partial charge in [-0.05, 0) is 30.7 Å². The van der Waals surface area contributed by atoms with Crippen molar-refractivity contribution in [3.05, 3.63) is 35.1 Å². The van der Waals surface area contributed by atoms with Gasteiger partial charge in [0.25, 0.3) is 5.91 Å². The van der Waals surface area contributed by atoms with Crippen LogP contribution in [-0.2, 0) is 9.53 Å². The molecule has 1 rings (SSSR count). The number of hydrogen-bond donors (Lipinski definition) is 2. The topological polar surface area (TPSA) is 67.4 Å². The Labute approximate surface area is 111 Å². The first kappa shape index (κ1) is 15.1. The molecule has 0 heterocycles. The number of aryl methyl sites for hydroxylation is 1. The maximum absolute atomic E-state index is 13.0. The van der Waals surface area contributed by atoms with Crippen molar-refractivity contribution < 1.29 is 18.7 Å². The summed E-state index contributed by atoms with van der Waals surface area (Å²) in [6.07, 6.45) is 0. The second kappa shape index (κ2) is 7.48. The summed E-state index contributed by atoms with van der Waals surface area (Å²) in [5.41, 5.74) is 0.709. The number of amides is 2. The van der Waals surface area contributed by atoms with Gasteiger partial charge in [-0.3, -0.25) is 9.59 Å². The highest BCUT2D eigenvalue weighted by Gasteiger charge is 2.09. The second-order valence-corrected chi connectivity index (χ2v) is 3.99. The molecule has 1 aromatic rings. The number of nitrogens with one attached hydrogen (secondary N) is 2. The lowest BCUT2D eigenvalue weighted by atomic mass is 10.1. The third kappa shape index (κ3) is 5.05. The summed E-state index contributed by atoms with van der Waals surface area (Å²) >= 11 is 0. The number of ether oxygens (including phenoxy) is 1. The molecule has 0 saturated carbocycles. The van der Waals surface area contributed by atoms with Crippen molar-refractivity contribution in [1.82, 2.24) is 10.6 Å². The first-order valence-electron chi connectivity index (χ1n) is 5.84. The molecule has 0 unspecified atom stereocenters. The Balaban J connectivity index is 2.42. The zero-order valence-corrected chi connectivity index (χ0v) is 11.0. The summed E-state index contributed by atoms with van der Waals surface area (Å²) in [5.74, 6) is -1.08. The van der Waals surface area contributed by atoms with E-state index in [0.717, 1.165) is 0 Å². The molecule has 0 aromatic heterocycles. The molecule has 2 amide bonds. The van der Waals surface area contributed by atoms with Crippen LogP contribution in [0.1, 0.15) is 15.9 Å². The highest BCUT2D eigenvalue weighted by molar-refractivity contribution is 5.96. The summed E-state index contributed by atoms with van der Waals surface area (Å²) in [7, 11) is 1.53. The predicted molar refractivity (Wildman–Crippen MR) is 68.4 cm³/mol. The number of rotatable bonds is 6. The van der Waals surface area contributed by atoms with Crippen molar-refractivity contribution in [3.63, 3.8) is 0 Å².